The Bertz CT molecular complexity index is 414. The van der Waals surface area contributed by atoms with Gasteiger partial charge in [0.15, 0.2) is 0 Å². The summed E-state index contributed by atoms with van der Waals surface area (Å²) in [7, 11) is 0. The molecule has 1 aromatic rings. The quantitative estimate of drug-likeness (QED) is 0.790. The maximum atomic E-state index is 11.6. The van der Waals surface area contributed by atoms with Crippen LogP contribution in [0.25, 0.3) is 0 Å². The minimum Gasteiger partial charge on any atom is -0.387 e. The van der Waals surface area contributed by atoms with Gasteiger partial charge in [-0.25, -0.2) is 4.79 Å². The molecular formula is C12H18N2O2S2. The summed E-state index contributed by atoms with van der Waals surface area (Å²) >= 11 is 3.40. The topological polar surface area (TPSA) is 61.4 Å². The highest BCUT2D eigenvalue weighted by atomic mass is 32.2. The van der Waals surface area contributed by atoms with Gasteiger partial charge in [0.05, 0.1) is 12.1 Å². The first-order valence-corrected chi connectivity index (χ1v) is 7.92. The first kappa shape index (κ1) is 13.7. The summed E-state index contributed by atoms with van der Waals surface area (Å²) in [6, 6.07) is 3.84. The van der Waals surface area contributed by atoms with Crippen LogP contribution in [0.4, 0.5) is 4.79 Å². The van der Waals surface area contributed by atoms with Crippen LogP contribution in [0.15, 0.2) is 12.1 Å². The third-order valence-corrected chi connectivity index (χ3v) is 5.11. The number of hydrogen-bond acceptors (Lipinski definition) is 4. The molecule has 3 N–H and O–H groups in total. The maximum Gasteiger partial charge on any atom is 0.315 e. The first-order chi connectivity index (χ1) is 8.57. The minimum absolute atomic E-state index is 0.216. The number of aliphatic hydroxyl groups is 1. The number of aryl methyl sites for hydroxylation is 1. The molecule has 0 aromatic carbocycles. The third kappa shape index (κ3) is 3.90. The van der Waals surface area contributed by atoms with Crippen molar-refractivity contribution in [2.75, 3.05) is 18.1 Å². The Morgan fingerprint density at radius 3 is 2.94 bits per heavy atom. The fraction of sp³-hybridized carbons (Fsp3) is 0.583. The molecule has 0 unspecified atom stereocenters. The summed E-state index contributed by atoms with van der Waals surface area (Å²) < 4.78 is 0. The Kier molecular flexibility index (Phi) is 4.53. The van der Waals surface area contributed by atoms with Crippen molar-refractivity contribution in [3.63, 3.8) is 0 Å². The predicted molar refractivity (Wildman–Crippen MR) is 76.2 cm³/mol. The van der Waals surface area contributed by atoms with Gasteiger partial charge in [-0.2, -0.15) is 11.8 Å². The van der Waals surface area contributed by atoms with Crippen LogP contribution in [0.2, 0.25) is 0 Å². The van der Waals surface area contributed by atoms with Gasteiger partial charge in [-0.1, -0.05) is 0 Å². The van der Waals surface area contributed by atoms with Crippen molar-refractivity contribution in [3.05, 3.63) is 21.9 Å². The molecule has 0 radical (unpaired) electrons. The van der Waals surface area contributed by atoms with Gasteiger partial charge in [0, 0.05) is 22.1 Å². The Hall–Kier alpha value is -0.720. The second kappa shape index (κ2) is 5.95. The largest absolute Gasteiger partial charge is 0.387 e. The summed E-state index contributed by atoms with van der Waals surface area (Å²) in [5, 5.41) is 15.6. The molecule has 18 heavy (non-hydrogen) atoms. The summed E-state index contributed by atoms with van der Waals surface area (Å²) in [5.41, 5.74) is -0.721. The van der Waals surface area contributed by atoms with Crippen LogP contribution < -0.4 is 10.6 Å². The van der Waals surface area contributed by atoms with E-state index in [2.05, 4.69) is 10.6 Å². The molecule has 2 amide bonds. The second-order valence-electron chi connectivity index (χ2n) is 4.58. The maximum absolute atomic E-state index is 11.6. The third-order valence-electron chi connectivity index (χ3n) is 2.88. The van der Waals surface area contributed by atoms with E-state index in [-0.39, 0.29) is 6.03 Å². The van der Waals surface area contributed by atoms with Gasteiger partial charge in [-0.05, 0) is 31.2 Å². The highest BCUT2D eigenvalue weighted by molar-refractivity contribution is 7.99. The van der Waals surface area contributed by atoms with Crippen molar-refractivity contribution >= 4 is 29.1 Å². The van der Waals surface area contributed by atoms with Gasteiger partial charge < -0.3 is 15.7 Å². The zero-order valence-electron chi connectivity index (χ0n) is 10.4. The lowest BCUT2D eigenvalue weighted by molar-refractivity contribution is 0.0700. The summed E-state index contributed by atoms with van der Waals surface area (Å²) in [6.07, 6.45) is 0.752. The van der Waals surface area contributed by atoms with Crippen molar-refractivity contribution in [1.29, 1.82) is 0 Å². The van der Waals surface area contributed by atoms with Gasteiger partial charge >= 0.3 is 6.03 Å². The van der Waals surface area contributed by atoms with Crippen molar-refractivity contribution in [3.8, 4) is 0 Å². The van der Waals surface area contributed by atoms with Gasteiger partial charge in [0.1, 0.15) is 0 Å². The summed E-state index contributed by atoms with van der Waals surface area (Å²) in [5.74, 6) is 1.67. The smallest absolute Gasteiger partial charge is 0.315 e. The van der Waals surface area contributed by atoms with E-state index in [1.807, 2.05) is 19.1 Å². The number of nitrogens with one attached hydrogen (secondary N) is 2. The van der Waals surface area contributed by atoms with Crippen LogP contribution in [0.1, 0.15) is 16.2 Å². The van der Waals surface area contributed by atoms with Gasteiger partial charge in [0.2, 0.25) is 0 Å². The Balaban J connectivity index is 1.69. The number of thioether (sulfide) groups is 1. The van der Waals surface area contributed by atoms with E-state index in [1.165, 1.54) is 4.88 Å². The normalized spacial score (nSPS) is 23.0. The molecule has 1 saturated heterocycles. The van der Waals surface area contributed by atoms with E-state index in [1.54, 1.807) is 23.1 Å². The van der Waals surface area contributed by atoms with E-state index < -0.39 is 5.60 Å². The second-order valence-corrected chi connectivity index (χ2v) is 7.05. The fourth-order valence-electron chi connectivity index (χ4n) is 1.79. The highest BCUT2D eigenvalue weighted by Gasteiger charge is 2.31. The fourth-order valence-corrected chi connectivity index (χ4v) is 3.92. The summed E-state index contributed by atoms with van der Waals surface area (Å²) in [6.45, 7) is 2.91. The van der Waals surface area contributed by atoms with Gasteiger partial charge in [-0.3, -0.25) is 0 Å². The molecule has 100 valence electrons. The zero-order chi connectivity index (χ0) is 13.0. The zero-order valence-corrected chi connectivity index (χ0v) is 12.0. The number of hydrogen-bond donors (Lipinski definition) is 3. The number of carbonyl (C=O) groups is 1. The van der Waals surface area contributed by atoms with Gasteiger partial charge in [-0.15, -0.1) is 11.3 Å². The highest BCUT2D eigenvalue weighted by Crippen LogP contribution is 2.26. The van der Waals surface area contributed by atoms with Crippen LogP contribution in [-0.4, -0.2) is 34.8 Å². The Labute approximate surface area is 115 Å². The van der Waals surface area contributed by atoms with Crippen molar-refractivity contribution in [2.24, 2.45) is 0 Å². The number of thiophene rings is 1. The molecule has 0 saturated carbocycles. The van der Waals surface area contributed by atoms with Crippen molar-refractivity contribution < 1.29 is 9.90 Å². The van der Waals surface area contributed by atoms with Crippen molar-refractivity contribution in [1.82, 2.24) is 10.6 Å². The lowest BCUT2D eigenvalue weighted by Crippen LogP contribution is -2.46. The van der Waals surface area contributed by atoms with Crippen LogP contribution in [-0.2, 0) is 6.54 Å². The molecule has 6 heteroatoms. The average Bonchev–Trinajstić information content (AvgIpc) is 2.94. The predicted octanol–water partition coefficient (Wildman–Crippen LogP) is 1.72. The molecule has 2 heterocycles. The molecule has 1 aliphatic rings. The molecule has 1 aliphatic heterocycles. The molecule has 0 aliphatic carbocycles. The molecule has 0 bridgehead atoms. The van der Waals surface area contributed by atoms with Crippen LogP contribution in [0.5, 0.6) is 0 Å². The molecule has 1 fully saturated rings. The average molecular weight is 286 g/mol. The number of carbonyl (C=O) groups excluding carboxylic acids is 1. The van der Waals surface area contributed by atoms with Crippen molar-refractivity contribution in [2.45, 2.75) is 25.5 Å². The van der Waals surface area contributed by atoms with E-state index in [0.29, 0.717) is 18.8 Å². The molecule has 2 rings (SSSR count). The Morgan fingerprint density at radius 1 is 1.50 bits per heavy atom. The number of amides is 2. The van der Waals surface area contributed by atoms with E-state index >= 15 is 0 Å². The standard InChI is InChI=1S/C12H18N2O2S2/c1-9-2-3-10(18-9)6-13-11(15)14-7-12(16)4-5-17-8-12/h2-3,16H,4-8H2,1H3,(H2,13,14,15)/t12-/m1/s1. The van der Waals surface area contributed by atoms with Gasteiger partial charge in [0.25, 0.3) is 0 Å². The first-order valence-electron chi connectivity index (χ1n) is 5.95. The monoisotopic (exact) mass is 286 g/mol. The lowest BCUT2D eigenvalue weighted by atomic mass is 10.0. The molecular weight excluding hydrogens is 268 g/mol. The molecule has 1 aromatic heterocycles. The number of urea groups is 1. The molecule has 0 spiro atoms. The number of rotatable bonds is 4. The van der Waals surface area contributed by atoms with Crippen LogP contribution in [0.3, 0.4) is 0 Å². The van der Waals surface area contributed by atoms with E-state index in [9.17, 15) is 9.90 Å². The van der Waals surface area contributed by atoms with Crippen LogP contribution >= 0.6 is 23.1 Å². The SMILES string of the molecule is Cc1ccc(CNC(=O)NC[C@]2(O)CCSC2)s1. The van der Waals surface area contributed by atoms with E-state index in [0.717, 1.165) is 17.1 Å². The molecule has 4 nitrogen and oxygen atoms in total. The Morgan fingerprint density at radius 2 is 2.33 bits per heavy atom. The summed E-state index contributed by atoms with van der Waals surface area (Å²) in [4.78, 5) is 14.0. The van der Waals surface area contributed by atoms with Crippen LogP contribution in [0, 0.1) is 6.92 Å². The lowest BCUT2D eigenvalue weighted by Gasteiger charge is -2.21. The van der Waals surface area contributed by atoms with E-state index in [4.69, 9.17) is 0 Å². The minimum atomic E-state index is -0.721. The molecule has 1 atom stereocenters.